The molecule has 3 heterocycles. The lowest BCUT2D eigenvalue weighted by Gasteiger charge is -2.52. The molecule has 0 aliphatic heterocycles. The van der Waals surface area contributed by atoms with Gasteiger partial charge in [-0.25, -0.2) is 0 Å². The quantitative estimate of drug-likeness (QED) is 0.292. The number of ketones is 1. The van der Waals surface area contributed by atoms with Crippen LogP contribution in [-0.4, -0.2) is 64.2 Å². The minimum Gasteiger partial charge on any atom is -0.390 e. The van der Waals surface area contributed by atoms with Crippen LogP contribution in [0.5, 0.6) is 0 Å². The summed E-state index contributed by atoms with van der Waals surface area (Å²) >= 11 is 0. The normalized spacial score (nSPS) is 29.8. The van der Waals surface area contributed by atoms with E-state index in [9.17, 15) is 25.2 Å². The van der Waals surface area contributed by atoms with Crippen molar-refractivity contribution < 1.29 is 25.2 Å². The molecule has 5 atom stereocenters. The number of carbonyl (C=O) groups excluding carboxylic acids is 1. The fourth-order valence-corrected chi connectivity index (χ4v) is 4.99. The lowest BCUT2D eigenvalue weighted by atomic mass is 9.58. The summed E-state index contributed by atoms with van der Waals surface area (Å²) in [6.45, 7) is 0. The van der Waals surface area contributed by atoms with Gasteiger partial charge in [0.15, 0.2) is 5.78 Å². The van der Waals surface area contributed by atoms with Crippen molar-refractivity contribution in [3.63, 3.8) is 0 Å². The number of para-hydroxylation sites is 1. The van der Waals surface area contributed by atoms with E-state index in [2.05, 4.69) is 20.2 Å². The molecule has 0 spiro atoms. The van der Waals surface area contributed by atoms with E-state index in [1.807, 2.05) is 0 Å². The van der Waals surface area contributed by atoms with Gasteiger partial charge in [-0.05, 0) is 29.8 Å². The van der Waals surface area contributed by atoms with Gasteiger partial charge in [0.05, 0.1) is 35.0 Å². The van der Waals surface area contributed by atoms with E-state index in [0.29, 0.717) is 16.5 Å². The summed E-state index contributed by atoms with van der Waals surface area (Å²) in [7, 11) is 0. The van der Waals surface area contributed by atoms with Crippen LogP contribution in [0.2, 0.25) is 0 Å². The molecule has 4 aromatic rings. The first kappa shape index (κ1) is 21.4. The molecule has 1 saturated carbocycles. The third-order valence-corrected chi connectivity index (χ3v) is 6.48. The molecule has 1 aliphatic rings. The lowest BCUT2D eigenvalue weighted by molar-refractivity contribution is -0.214. The van der Waals surface area contributed by atoms with Crippen molar-refractivity contribution in [2.75, 3.05) is 0 Å². The summed E-state index contributed by atoms with van der Waals surface area (Å²) < 4.78 is 0. The van der Waals surface area contributed by atoms with Gasteiger partial charge >= 0.3 is 0 Å². The molecule has 33 heavy (non-hydrogen) atoms. The third kappa shape index (κ3) is 3.17. The SMILES string of the molecule is O=C(c1cn[nH]c1)C1(O)C[C@@H](O)C(O)[C@](O)(c2ccccn2)C1c1ccnc2ccccc12. The predicted molar refractivity (Wildman–Crippen MR) is 117 cm³/mol. The van der Waals surface area contributed by atoms with Crippen LogP contribution >= 0.6 is 0 Å². The minimum atomic E-state index is -2.31. The highest BCUT2D eigenvalue weighted by Gasteiger charge is 2.65. The summed E-state index contributed by atoms with van der Waals surface area (Å²) in [5.41, 5.74) is -3.56. The fourth-order valence-electron chi connectivity index (χ4n) is 4.99. The molecule has 1 aliphatic carbocycles. The van der Waals surface area contributed by atoms with Crippen LogP contribution in [0.15, 0.2) is 73.3 Å². The van der Waals surface area contributed by atoms with Crippen LogP contribution in [0.25, 0.3) is 10.9 Å². The van der Waals surface area contributed by atoms with E-state index < -0.39 is 41.5 Å². The highest BCUT2D eigenvalue weighted by Crippen LogP contribution is 2.54. The smallest absolute Gasteiger partial charge is 0.198 e. The molecule has 1 fully saturated rings. The van der Waals surface area contributed by atoms with E-state index >= 15 is 0 Å². The summed E-state index contributed by atoms with van der Waals surface area (Å²) in [6, 6.07) is 13.4. The molecule has 1 aromatic carbocycles. The summed E-state index contributed by atoms with van der Waals surface area (Å²) in [4.78, 5) is 22.2. The van der Waals surface area contributed by atoms with Crippen molar-refractivity contribution >= 4 is 16.7 Å². The number of H-pyrrole nitrogens is 1. The van der Waals surface area contributed by atoms with E-state index in [4.69, 9.17) is 0 Å². The Labute approximate surface area is 188 Å². The fraction of sp³-hybridized carbons (Fsp3) is 0.250. The Kier molecular flexibility index (Phi) is 5.06. The molecule has 9 nitrogen and oxygen atoms in total. The molecule has 0 amide bonds. The standard InChI is InChI=1S/C24H22N4O5/c29-18-11-23(32,21(30)14-12-27-28-13-14)20(16-8-10-25-17-6-2-1-5-15(16)17)24(33,22(18)31)19-7-3-4-9-26-19/h1-10,12-13,18,20,22,29,31-33H,11H2,(H,27,28)/t18-,20?,22?,23?,24+/m1/s1. The second kappa shape index (κ2) is 7.82. The number of fused-ring (bicyclic) bond motifs is 1. The topological polar surface area (TPSA) is 152 Å². The van der Waals surface area contributed by atoms with Gasteiger partial charge in [0.25, 0.3) is 0 Å². The van der Waals surface area contributed by atoms with Crippen molar-refractivity contribution in [3.05, 3.63) is 90.1 Å². The average Bonchev–Trinajstić information content (AvgIpc) is 3.38. The van der Waals surface area contributed by atoms with E-state index in [1.54, 1.807) is 42.5 Å². The third-order valence-electron chi connectivity index (χ3n) is 6.48. The monoisotopic (exact) mass is 446 g/mol. The number of Topliss-reactive ketones (excluding diaryl/α,β-unsaturated/α-hetero) is 1. The number of aromatic amines is 1. The Morgan fingerprint density at radius 1 is 1.00 bits per heavy atom. The van der Waals surface area contributed by atoms with E-state index in [0.717, 1.165) is 0 Å². The van der Waals surface area contributed by atoms with Gasteiger partial charge in [-0.15, -0.1) is 0 Å². The second-order valence-electron chi connectivity index (χ2n) is 8.35. The number of nitrogens with one attached hydrogen (secondary N) is 1. The van der Waals surface area contributed by atoms with Crippen molar-refractivity contribution in [1.29, 1.82) is 0 Å². The molecule has 0 saturated heterocycles. The first-order chi connectivity index (χ1) is 15.9. The molecular weight excluding hydrogens is 424 g/mol. The number of pyridine rings is 2. The number of nitrogens with zero attached hydrogens (tertiary/aromatic N) is 3. The van der Waals surface area contributed by atoms with Gasteiger partial charge in [-0.2, -0.15) is 5.10 Å². The zero-order valence-electron chi connectivity index (χ0n) is 17.4. The molecule has 5 rings (SSSR count). The number of benzene rings is 1. The molecule has 9 heteroatoms. The molecule has 3 aromatic heterocycles. The first-order valence-electron chi connectivity index (χ1n) is 10.5. The van der Waals surface area contributed by atoms with Crippen molar-refractivity contribution in [2.45, 2.75) is 35.7 Å². The number of rotatable bonds is 4. The van der Waals surface area contributed by atoms with Gasteiger partial charge in [0.2, 0.25) is 0 Å². The predicted octanol–water partition coefficient (Wildman–Crippen LogP) is 1.06. The van der Waals surface area contributed by atoms with E-state index in [-0.39, 0.29) is 11.3 Å². The number of aromatic nitrogens is 4. The molecule has 5 N–H and O–H groups in total. The number of hydrogen-bond acceptors (Lipinski definition) is 8. The zero-order chi connectivity index (χ0) is 23.2. The largest absolute Gasteiger partial charge is 0.390 e. The van der Waals surface area contributed by atoms with Crippen LogP contribution in [0.1, 0.15) is 34.0 Å². The summed E-state index contributed by atoms with van der Waals surface area (Å²) in [5.74, 6) is -2.14. The first-order valence-corrected chi connectivity index (χ1v) is 10.5. The maximum absolute atomic E-state index is 13.6. The number of aliphatic hydroxyl groups excluding tert-OH is 2. The van der Waals surface area contributed by atoms with Crippen LogP contribution in [0.3, 0.4) is 0 Å². The van der Waals surface area contributed by atoms with Crippen molar-refractivity contribution in [1.82, 2.24) is 20.2 Å². The molecule has 0 radical (unpaired) electrons. The van der Waals surface area contributed by atoms with Gasteiger partial charge in [0, 0.05) is 30.4 Å². The van der Waals surface area contributed by atoms with Gasteiger partial charge < -0.3 is 20.4 Å². The van der Waals surface area contributed by atoms with Crippen LogP contribution in [-0.2, 0) is 5.60 Å². The zero-order valence-corrected chi connectivity index (χ0v) is 17.4. The average molecular weight is 446 g/mol. The molecular formula is C24H22N4O5. The van der Waals surface area contributed by atoms with Crippen LogP contribution < -0.4 is 0 Å². The van der Waals surface area contributed by atoms with Gasteiger partial charge in [0.1, 0.15) is 17.3 Å². The Hall–Kier alpha value is -3.50. The van der Waals surface area contributed by atoms with Crippen LogP contribution in [0.4, 0.5) is 0 Å². The second-order valence-corrected chi connectivity index (χ2v) is 8.35. The van der Waals surface area contributed by atoms with Gasteiger partial charge in [-0.3, -0.25) is 19.9 Å². The minimum absolute atomic E-state index is 0.0144. The number of aliphatic hydroxyl groups is 4. The highest BCUT2D eigenvalue weighted by molar-refractivity contribution is 6.03. The number of hydrogen-bond donors (Lipinski definition) is 5. The maximum atomic E-state index is 13.6. The highest BCUT2D eigenvalue weighted by atomic mass is 16.4. The summed E-state index contributed by atoms with van der Waals surface area (Å²) in [5, 5.41) is 52.9. The maximum Gasteiger partial charge on any atom is 0.198 e. The van der Waals surface area contributed by atoms with Crippen LogP contribution in [0, 0.1) is 0 Å². The molecule has 0 bridgehead atoms. The Bertz CT molecular complexity index is 1290. The molecule has 3 unspecified atom stereocenters. The Morgan fingerprint density at radius 3 is 2.52 bits per heavy atom. The Balaban J connectivity index is 1.83. The Morgan fingerprint density at radius 2 is 1.79 bits per heavy atom. The lowest BCUT2D eigenvalue weighted by Crippen LogP contribution is -2.66. The molecule has 168 valence electrons. The number of carbonyl (C=O) groups is 1. The van der Waals surface area contributed by atoms with Crippen molar-refractivity contribution in [2.24, 2.45) is 0 Å². The van der Waals surface area contributed by atoms with Crippen molar-refractivity contribution in [3.8, 4) is 0 Å². The van der Waals surface area contributed by atoms with E-state index in [1.165, 1.54) is 30.9 Å². The van der Waals surface area contributed by atoms with Gasteiger partial charge in [-0.1, -0.05) is 24.3 Å². The summed E-state index contributed by atoms with van der Waals surface area (Å²) in [6.07, 6.45) is 1.69.